The van der Waals surface area contributed by atoms with Gasteiger partial charge in [0.15, 0.2) is 0 Å². The fraction of sp³-hybridized carbons (Fsp3) is 0.833. The molecule has 1 aliphatic rings. The molecule has 18 heavy (non-hydrogen) atoms. The van der Waals surface area contributed by atoms with Crippen molar-refractivity contribution in [1.82, 2.24) is 10.2 Å². The van der Waals surface area contributed by atoms with Gasteiger partial charge in [-0.25, -0.2) is 4.79 Å². The molecule has 6 heteroatoms. The van der Waals surface area contributed by atoms with Crippen molar-refractivity contribution in [3.8, 4) is 0 Å². The molecule has 0 aromatic rings. The Morgan fingerprint density at radius 3 is 2.67 bits per heavy atom. The smallest absolute Gasteiger partial charge is 0.317 e. The lowest BCUT2D eigenvalue weighted by Crippen LogP contribution is -2.51. The Balaban J connectivity index is 2.12. The van der Waals surface area contributed by atoms with E-state index in [1.54, 1.807) is 11.9 Å². The summed E-state index contributed by atoms with van der Waals surface area (Å²) in [6.45, 7) is 3.08. The number of carbonyl (C=O) groups is 2. The zero-order chi connectivity index (χ0) is 13.5. The lowest BCUT2D eigenvalue weighted by atomic mass is 9.88. The molecule has 1 aliphatic carbocycles. The number of hydrogen-bond donors (Lipinski definition) is 2. The van der Waals surface area contributed by atoms with E-state index in [0.29, 0.717) is 19.6 Å². The Morgan fingerprint density at radius 2 is 2.11 bits per heavy atom. The lowest BCUT2D eigenvalue weighted by Gasteiger charge is -2.40. The summed E-state index contributed by atoms with van der Waals surface area (Å²) in [6.07, 6.45) is 2.59. The first-order valence-corrected chi connectivity index (χ1v) is 6.38. The standard InChI is InChI=1S/C12H22N2O4/c1-3-18-10-7-9(8-10)14(2)12(17)13-6-4-5-11(15)16/h9-10H,3-8H2,1-2H3,(H,13,17)(H,15,16). The minimum atomic E-state index is -0.837. The molecule has 0 aliphatic heterocycles. The number of urea groups is 1. The third-order valence-electron chi connectivity index (χ3n) is 3.18. The van der Waals surface area contributed by atoms with Crippen molar-refractivity contribution < 1.29 is 19.4 Å². The molecular weight excluding hydrogens is 236 g/mol. The van der Waals surface area contributed by atoms with Crippen LogP contribution in [0.1, 0.15) is 32.6 Å². The molecule has 0 spiro atoms. The largest absolute Gasteiger partial charge is 0.481 e. The monoisotopic (exact) mass is 258 g/mol. The second-order valence-corrected chi connectivity index (χ2v) is 4.54. The van der Waals surface area contributed by atoms with Crippen LogP contribution in [0.3, 0.4) is 0 Å². The SMILES string of the molecule is CCOC1CC(N(C)C(=O)NCCCC(=O)O)C1. The van der Waals surface area contributed by atoms with E-state index >= 15 is 0 Å². The minimum Gasteiger partial charge on any atom is -0.481 e. The predicted molar refractivity (Wildman–Crippen MR) is 66.5 cm³/mol. The number of ether oxygens (including phenoxy) is 1. The molecule has 0 unspecified atom stereocenters. The Kier molecular flexibility index (Phi) is 5.91. The maximum absolute atomic E-state index is 11.7. The van der Waals surface area contributed by atoms with Gasteiger partial charge in [-0.3, -0.25) is 4.79 Å². The van der Waals surface area contributed by atoms with Gasteiger partial charge in [-0.1, -0.05) is 0 Å². The third-order valence-corrected chi connectivity index (χ3v) is 3.18. The molecule has 1 fully saturated rings. The van der Waals surface area contributed by atoms with E-state index in [0.717, 1.165) is 12.8 Å². The maximum atomic E-state index is 11.7. The van der Waals surface area contributed by atoms with Crippen molar-refractivity contribution >= 4 is 12.0 Å². The molecule has 0 aromatic carbocycles. The van der Waals surface area contributed by atoms with Crippen molar-refractivity contribution in [3.63, 3.8) is 0 Å². The highest BCUT2D eigenvalue weighted by Crippen LogP contribution is 2.27. The van der Waals surface area contributed by atoms with Crippen LogP contribution in [0, 0.1) is 0 Å². The Hall–Kier alpha value is -1.30. The van der Waals surface area contributed by atoms with E-state index in [9.17, 15) is 9.59 Å². The quantitative estimate of drug-likeness (QED) is 0.669. The summed E-state index contributed by atoms with van der Waals surface area (Å²) in [5.41, 5.74) is 0. The van der Waals surface area contributed by atoms with E-state index < -0.39 is 5.97 Å². The first-order chi connectivity index (χ1) is 8.54. The van der Waals surface area contributed by atoms with E-state index in [1.807, 2.05) is 6.92 Å². The number of carboxylic acids is 1. The average Bonchev–Trinajstić information content (AvgIpc) is 2.27. The van der Waals surface area contributed by atoms with Gasteiger partial charge in [0.25, 0.3) is 0 Å². The van der Waals surface area contributed by atoms with Crippen LogP contribution < -0.4 is 5.32 Å². The average molecular weight is 258 g/mol. The summed E-state index contributed by atoms with van der Waals surface area (Å²) in [6, 6.07) is 0.0985. The molecule has 0 bridgehead atoms. The Labute approximate surface area is 107 Å². The predicted octanol–water partition coefficient (Wildman–Crippen LogP) is 1.06. The van der Waals surface area contributed by atoms with Crippen LogP contribution in [-0.2, 0) is 9.53 Å². The summed E-state index contributed by atoms with van der Waals surface area (Å²) in [4.78, 5) is 23.7. The number of carboxylic acid groups (broad SMARTS) is 1. The number of hydrogen-bond acceptors (Lipinski definition) is 3. The van der Waals surface area contributed by atoms with E-state index in [4.69, 9.17) is 9.84 Å². The second-order valence-electron chi connectivity index (χ2n) is 4.54. The molecular formula is C12H22N2O4. The van der Waals surface area contributed by atoms with Crippen molar-refractivity contribution in [1.29, 1.82) is 0 Å². The number of rotatable bonds is 7. The normalized spacial score (nSPS) is 22.1. The van der Waals surface area contributed by atoms with Gasteiger partial charge in [0.2, 0.25) is 0 Å². The van der Waals surface area contributed by atoms with Crippen LogP contribution in [-0.4, -0.2) is 54.4 Å². The van der Waals surface area contributed by atoms with Crippen LogP contribution >= 0.6 is 0 Å². The zero-order valence-electron chi connectivity index (χ0n) is 11.0. The number of carbonyl (C=O) groups excluding carboxylic acids is 1. The zero-order valence-corrected chi connectivity index (χ0v) is 11.0. The maximum Gasteiger partial charge on any atom is 0.317 e. The van der Waals surface area contributed by atoms with Crippen molar-refractivity contribution in [2.45, 2.75) is 44.8 Å². The Bertz CT molecular complexity index is 290. The van der Waals surface area contributed by atoms with Gasteiger partial charge in [0.05, 0.1) is 6.10 Å². The highest BCUT2D eigenvalue weighted by molar-refractivity contribution is 5.74. The van der Waals surface area contributed by atoms with Gasteiger partial charge in [0, 0.05) is 32.7 Å². The molecule has 6 nitrogen and oxygen atoms in total. The van der Waals surface area contributed by atoms with Crippen LogP contribution in [0.2, 0.25) is 0 Å². The first-order valence-electron chi connectivity index (χ1n) is 6.38. The second kappa shape index (κ2) is 7.20. The molecule has 2 amide bonds. The van der Waals surface area contributed by atoms with Crippen LogP contribution in [0.5, 0.6) is 0 Å². The lowest BCUT2D eigenvalue weighted by molar-refractivity contribution is -0.137. The van der Waals surface area contributed by atoms with Crippen molar-refractivity contribution in [2.24, 2.45) is 0 Å². The molecule has 1 saturated carbocycles. The molecule has 0 heterocycles. The topological polar surface area (TPSA) is 78.9 Å². The summed E-state index contributed by atoms with van der Waals surface area (Å²) in [7, 11) is 1.76. The number of amides is 2. The summed E-state index contributed by atoms with van der Waals surface area (Å²) in [5, 5.41) is 11.2. The van der Waals surface area contributed by atoms with E-state index in [-0.39, 0.29) is 24.6 Å². The molecule has 1 rings (SSSR count). The van der Waals surface area contributed by atoms with Gasteiger partial charge >= 0.3 is 12.0 Å². The number of nitrogens with one attached hydrogen (secondary N) is 1. The molecule has 2 N–H and O–H groups in total. The summed E-state index contributed by atoms with van der Waals surface area (Å²) < 4.78 is 5.44. The number of nitrogens with zero attached hydrogens (tertiary/aromatic N) is 1. The highest BCUT2D eigenvalue weighted by Gasteiger charge is 2.34. The molecule has 0 aromatic heterocycles. The fourth-order valence-corrected chi connectivity index (χ4v) is 1.95. The van der Waals surface area contributed by atoms with Crippen LogP contribution in [0.4, 0.5) is 4.79 Å². The van der Waals surface area contributed by atoms with E-state index in [1.165, 1.54) is 0 Å². The van der Waals surface area contributed by atoms with Gasteiger partial charge < -0.3 is 20.1 Å². The van der Waals surface area contributed by atoms with Gasteiger partial charge in [-0.05, 0) is 26.2 Å². The molecule has 0 atom stereocenters. The minimum absolute atomic E-state index is 0.0832. The van der Waals surface area contributed by atoms with Gasteiger partial charge in [-0.2, -0.15) is 0 Å². The van der Waals surface area contributed by atoms with E-state index in [2.05, 4.69) is 5.32 Å². The third kappa shape index (κ3) is 4.52. The fourth-order valence-electron chi connectivity index (χ4n) is 1.95. The molecule has 0 saturated heterocycles. The molecule has 0 radical (unpaired) electrons. The summed E-state index contributed by atoms with van der Waals surface area (Å²) >= 11 is 0. The first kappa shape index (κ1) is 14.8. The van der Waals surface area contributed by atoms with Crippen LogP contribution in [0.25, 0.3) is 0 Å². The molecule has 104 valence electrons. The van der Waals surface area contributed by atoms with Crippen molar-refractivity contribution in [3.05, 3.63) is 0 Å². The van der Waals surface area contributed by atoms with Crippen LogP contribution in [0.15, 0.2) is 0 Å². The highest BCUT2D eigenvalue weighted by atomic mass is 16.5. The van der Waals surface area contributed by atoms with Crippen molar-refractivity contribution in [2.75, 3.05) is 20.2 Å². The Morgan fingerprint density at radius 1 is 1.44 bits per heavy atom. The summed E-state index contributed by atoms with van der Waals surface area (Å²) in [5.74, 6) is -0.837. The van der Waals surface area contributed by atoms with Gasteiger partial charge in [0.1, 0.15) is 0 Å². The van der Waals surface area contributed by atoms with Gasteiger partial charge in [-0.15, -0.1) is 0 Å². The number of aliphatic carboxylic acids is 1.